The lowest BCUT2D eigenvalue weighted by molar-refractivity contribution is -0.119. The Balaban J connectivity index is 1.57. The smallest absolute Gasteiger partial charge is 0.217 e. The third-order valence-corrected chi connectivity index (χ3v) is 5.33. The summed E-state index contributed by atoms with van der Waals surface area (Å²) in [4.78, 5) is 19.7. The molecule has 1 unspecified atom stereocenters. The van der Waals surface area contributed by atoms with Crippen LogP contribution in [-0.4, -0.2) is 63.2 Å². The van der Waals surface area contributed by atoms with Crippen LogP contribution in [0.4, 0.5) is 10.1 Å². The number of primary amides is 1. The molecule has 2 heterocycles. The van der Waals surface area contributed by atoms with Crippen LogP contribution in [0.5, 0.6) is 0 Å². The van der Waals surface area contributed by atoms with Crippen LogP contribution in [0, 0.1) is 11.7 Å². The lowest BCUT2D eigenvalue weighted by Gasteiger charge is -2.34. The van der Waals surface area contributed by atoms with Crippen LogP contribution in [0.2, 0.25) is 0 Å². The van der Waals surface area contributed by atoms with Gasteiger partial charge in [0.05, 0.1) is 18.9 Å². The fraction of sp³-hybridized carbons (Fsp3) is 0.600. The highest BCUT2D eigenvalue weighted by molar-refractivity contribution is 5.80. The molecular weight excluding hydrogens is 361 g/mol. The van der Waals surface area contributed by atoms with E-state index in [4.69, 9.17) is 10.5 Å². The molecule has 1 atom stereocenters. The molecule has 0 radical (unpaired) electrons. The van der Waals surface area contributed by atoms with Gasteiger partial charge < -0.3 is 25.6 Å². The van der Waals surface area contributed by atoms with Gasteiger partial charge >= 0.3 is 0 Å². The first-order valence-corrected chi connectivity index (χ1v) is 9.92. The topological polar surface area (TPSA) is 83.2 Å². The van der Waals surface area contributed by atoms with E-state index in [9.17, 15) is 9.18 Å². The Morgan fingerprint density at radius 2 is 2.14 bits per heavy atom. The number of halogens is 1. The van der Waals surface area contributed by atoms with Crippen LogP contribution in [0.1, 0.15) is 24.8 Å². The maximum absolute atomic E-state index is 14.6. The highest BCUT2D eigenvalue weighted by atomic mass is 19.1. The van der Waals surface area contributed by atoms with Crippen LogP contribution in [0.3, 0.4) is 0 Å². The summed E-state index contributed by atoms with van der Waals surface area (Å²) in [6.07, 6.45) is 2.41. The molecule has 2 fully saturated rings. The molecule has 3 rings (SSSR count). The van der Waals surface area contributed by atoms with Crippen molar-refractivity contribution in [3.63, 3.8) is 0 Å². The third-order valence-electron chi connectivity index (χ3n) is 5.33. The van der Waals surface area contributed by atoms with E-state index in [-0.39, 0.29) is 17.6 Å². The molecule has 1 aromatic rings. The molecule has 0 saturated carbocycles. The number of guanidine groups is 1. The number of amides is 1. The number of aliphatic imine (C=N–C) groups is 1. The van der Waals surface area contributed by atoms with Crippen molar-refractivity contribution < 1.29 is 13.9 Å². The third kappa shape index (κ3) is 5.34. The first-order chi connectivity index (χ1) is 13.6. The second-order valence-electron chi connectivity index (χ2n) is 7.41. The van der Waals surface area contributed by atoms with E-state index < -0.39 is 0 Å². The summed E-state index contributed by atoms with van der Waals surface area (Å²) < 4.78 is 19.9. The molecule has 154 valence electrons. The summed E-state index contributed by atoms with van der Waals surface area (Å²) >= 11 is 0. The number of nitrogens with one attached hydrogen (secondary N) is 1. The summed E-state index contributed by atoms with van der Waals surface area (Å²) in [5.74, 6) is 0.559. The Kier molecular flexibility index (Phi) is 7.08. The molecule has 1 aromatic carbocycles. The van der Waals surface area contributed by atoms with E-state index in [1.807, 2.05) is 17.0 Å². The average molecular weight is 391 g/mol. The van der Waals surface area contributed by atoms with Crippen molar-refractivity contribution >= 4 is 17.6 Å². The number of hydrogen-bond donors (Lipinski definition) is 2. The van der Waals surface area contributed by atoms with Gasteiger partial charge in [-0.2, -0.15) is 0 Å². The van der Waals surface area contributed by atoms with E-state index in [0.717, 1.165) is 37.5 Å². The van der Waals surface area contributed by atoms with E-state index in [0.29, 0.717) is 45.0 Å². The maximum atomic E-state index is 14.6. The minimum Gasteiger partial charge on any atom is -0.378 e. The number of carbonyl (C=O) groups excluding carboxylic acids is 1. The molecule has 0 spiro atoms. The maximum Gasteiger partial charge on any atom is 0.217 e. The first kappa shape index (κ1) is 20.4. The number of hydrogen-bond acceptors (Lipinski definition) is 4. The first-order valence-electron chi connectivity index (χ1n) is 9.92. The molecule has 28 heavy (non-hydrogen) atoms. The van der Waals surface area contributed by atoms with Gasteiger partial charge in [-0.3, -0.25) is 9.79 Å². The number of ether oxygens (including phenoxy) is 1. The Hall–Kier alpha value is -2.35. The number of rotatable bonds is 5. The van der Waals surface area contributed by atoms with Crippen molar-refractivity contribution in [2.75, 3.05) is 51.3 Å². The van der Waals surface area contributed by atoms with Gasteiger partial charge in [-0.15, -0.1) is 0 Å². The van der Waals surface area contributed by atoms with Crippen molar-refractivity contribution in [2.45, 2.75) is 25.8 Å². The van der Waals surface area contributed by atoms with Gasteiger partial charge in [0, 0.05) is 46.2 Å². The number of nitrogens with zero attached hydrogens (tertiary/aromatic N) is 3. The highest BCUT2D eigenvalue weighted by Gasteiger charge is 2.23. The van der Waals surface area contributed by atoms with Crippen molar-refractivity contribution in [2.24, 2.45) is 16.6 Å². The van der Waals surface area contributed by atoms with E-state index in [2.05, 4.69) is 15.2 Å². The van der Waals surface area contributed by atoms with Crippen LogP contribution in [0.15, 0.2) is 23.2 Å². The fourth-order valence-corrected chi connectivity index (χ4v) is 3.94. The summed E-state index contributed by atoms with van der Waals surface area (Å²) in [6.45, 7) is 4.82. The van der Waals surface area contributed by atoms with Crippen LogP contribution < -0.4 is 16.0 Å². The molecule has 2 aliphatic rings. The predicted molar refractivity (Wildman–Crippen MR) is 108 cm³/mol. The van der Waals surface area contributed by atoms with Gasteiger partial charge in [-0.05, 0) is 36.5 Å². The second kappa shape index (κ2) is 9.73. The van der Waals surface area contributed by atoms with Gasteiger partial charge in [0.15, 0.2) is 5.96 Å². The van der Waals surface area contributed by atoms with Crippen molar-refractivity contribution in [3.05, 3.63) is 29.6 Å². The Morgan fingerprint density at radius 3 is 2.82 bits per heavy atom. The second-order valence-corrected chi connectivity index (χ2v) is 7.41. The summed E-state index contributed by atoms with van der Waals surface area (Å²) in [5.41, 5.74) is 6.83. The molecule has 1 amide bonds. The van der Waals surface area contributed by atoms with E-state index in [1.54, 1.807) is 13.1 Å². The van der Waals surface area contributed by atoms with Gasteiger partial charge in [-0.25, -0.2) is 4.39 Å². The SMILES string of the molecule is CN=C(NCc1ccc(N2CCOCC2)c(F)c1)N1CCCC(CC(N)=O)C1. The van der Waals surface area contributed by atoms with Crippen molar-refractivity contribution in [3.8, 4) is 0 Å². The van der Waals surface area contributed by atoms with Gasteiger partial charge in [0.25, 0.3) is 0 Å². The zero-order valence-electron chi connectivity index (χ0n) is 16.5. The Morgan fingerprint density at radius 1 is 1.36 bits per heavy atom. The molecular formula is C20H30FN5O2. The number of morpholine rings is 1. The quantitative estimate of drug-likeness (QED) is 0.584. The van der Waals surface area contributed by atoms with Crippen LogP contribution >= 0.6 is 0 Å². The van der Waals surface area contributed by atoms with Crippen LogP contribution in [0.25, 0.3) is 0 Å². The summed E-state index contributed by atoms with van der Waals surface area (Å²) in [7, 11) is 1.74. The van der Waals surface area contributed by atoms with Gasteiger partial charge in [-0.1, -0.05) is 6.07 Å². The molecule has 0 bridgehead atoms. The zero-order chi connectivity index (χ0) is 19.9. The Labute approximate surface area is 165 Å². The molecule has 2 saturated heterocycles. The Bertz CT molecular complexity index is 706. The molecule has 8 heteroatoms. The number of likely N-dealkylation sites (tertiary alicyclic amines) is 1. The van der Waals surface area contributed by atoms with Gasteiger partial charge in [0.1, 0.15) is 5.82 Å². The predicted octanol–water partition coefficient (Wildman–Crippen LogP) is 1.33. The van der Waals surface area contributed by atoms with Gasteiger partial charge in [0.2, 0.25) is 5.91 Å². The normalized spacial score (nSPS) is 20.9. The number of anilines is 1. The van der Waals surface area contributed by atoms with Crippen molar-refractivity contribution in [1.82, 2.24) is 10.2 Å². The van der Waals surface area contributed by atoms with Crippen LogP contribution in [-0.2, 0) is 16.1 Å². The monoisotopic (exact) mass is 391 g/mol. The van der Waals surface area contributed by atoms with E-state index in [1.165, 1.54) is 0 Å². The van der Waals surface area contributed by atoms with E-state index >= 15 is 0 Å². The summed E-state index contributed by atoms with van der Waals surface area (Å²) in [6, 6.07) is 5.36. The minimum atomic E-state index is -0.259. The molecule has 3 N–H and O–H groups in total. The fourth-order valence-electron chi connectivity index (χ4n) is 3.94. The summed E-state index contributed by atoms with van der Waals surface area (Å²) in [5, 5.41) is 3.32. The average Bonchev–Trinajstić information content (AvgIpc) is 2.69. The number of piperidine rings is 1. The number of nitrogens with two attached hydrogens (primary N) is 1. The lowest BCUT2D eigenvalue weighted by atomic mass is 9.95. The largest absolute Gasteiger partial charge is 0.378 e. The molecule has 0 aromatic heterocycles. The molecule has 7 nitrogen and oxygen atoms in total. The lowest BCUT2D eigenvalue weighted by Crippen LogP contribution is -2.46. The number of benzene rings is 1. The zero-order valence-corrected chi connectivity index (χ0v) is 16.5. The molecule has 0 aliphatic carbocycles. The standard InChI is InChI=1S/C20H30FN5O2/c1-23-20(26-6-2-3-16(14-26)12-19(22)27)24-13-15-4-5-18(17(21)11-15)25-7-9-28-10-8-25/h4-5,11,16H,2-3,6-10,12-14H2,1H3,(H2,22,27)(H,23,24). The minimum absolute atomic E-state index is 0.212. The highest BCUT2D eigenvalue weighted by Crippen LogP contribution is 2.22. The number of carbonyl (C=O) groups is 1. The van der Waals surface area contributed by atoms with Crippen molar-refractivity contribution in [1.29, 1.82) is 0 Å². The molecule has 2 aliphatic heterocycles.